The Balaban J connectivity index is 1.61. The fourth-order valence-electron chi connectivity index (χ4n) is 3.98. The van der Waals surface area contributed by atoms with E-state index in [4.69, 9.17) is 4.52 Å². The van der Waals surface area contributed by atoms with Gasteiger partial charge in [-0.05, 0) is 43.5 Å². The molecule has 0 aliphatic carbocycles. The molecule has 3 heterocycles. The highest BCUT2D eigenvalue weighted by Gasteiger charge is 2.32. The first kappa shape index (κ1) is 19.5. The number of carbonyl (C=O) groups is 1. The molecule has 29 heavy (non-hydrogen) atoms. The molecule has 0 saturated carbocycles. The predicted octanol–water partition coefficient (Wildman–Crippen LogP) is 3.47. The maximum absolute atomic E-state index is 13.3. The molecule has 1 amide bonds. The van der Waals surface area contributed by atoms with Crippen molar-refractivity contribution < 1.29 is 9.32 Å². The smallest absolute Gasteiger partial charge is 0.253 e. The number of aryl methyl sites for hydroxylation is 1. The second-order valence-corrected chi connectivity index (χ2v) is 8.10. The van der Waals surface area contributed by atoms with E-state index in [2.05, 4.69) is 33.9 Å². The fourth-order valence-corrected chi connectivity index (χ4v) is 3.98. The number of fused-ring (bicyclic) bond motifs is 1. The molecule has 0 N–H and O–H groups in total. The van der Waals surface area contributed by atoms with Crippen LogP contribution in [0.2, 0.25) is 0 Å². The van der Waals surface area contributed by atoms with Gasteiger partial charge in [0, 0.05) is 43.3 Å². The topological polar surface area (TPSA) is 75.4 Å². The van der Waals surface area contributed by atoms with Crippen LogP contribution < -0.4 is 0 Å². The Morgan fingerprint density at radius 2 is 2.14 bits per heavy atom. The van der Waals surface area contributed by atoms with Crippen LogP contribution in [0.4, 0.5) is 0 Å². The van der Waals surface area contributed by atoms with Crippen LogP contribution in [-0.4, -0.2) is 57.0 Å². The van der Waals surface area contributed by atoms with Gasteiger partial charge in [0.1, 0.15) is 6.04 Å². The molecule has 152 valence electrons. The lowest BCUT2D eigenvalue weighted by atomic mass is 10.1. The molecular formula is C22H27N5O2. The van der Waals surface area contributed by atoms with Gasteiger partial charge in [-0.1, -0.05) is 25.1 Å². The van der Waals surface area contributed by atoms with E-state index in [0.29, 0.717) is 36.3 Å². The molecule has 7 heteroatoms. The van der Waals surface area contributed by atoms with Crippen LogP contribution in [0, 0.1) is 12.8 Å². The zero-order valence-corrected chi connectivity index (χ0v) is 17.2. The van der Waals surface area contributed by atoms with Crippen molar-refractivity contribution in [2.75, 3.05) is 26.2 Å². The van der Waals surface area contributed by atoms with Gasteiger partial charge in [-0.2, -0.15) is 4.98 Å². The van der Waals surface area contributed by atoms with Crippen molar-refractivity contribution in [2.45, 2.75) is 33.2 Å². The molecule has 4 rings (SSSR count). The molecule has 3 aromatic rings. The van der Waals surface area contributed by atoms with Crippen LogP contribution in [0.15, 0.2) is 41.1 Å². The number of hydrogen-bond donors (Lipinski definition) is 0. The minimum atomic E-state index is -0.0906. The lowest BCUT2D eigenvalue weighted by Gasteiger charge is -2.30. The maximum atomic E-state index is 13.3. The summed E-state index contributed by atoms with van der Waals surface area (Å²) in [4.78, 5) is 26.4. The monoisotopic (exact) mass is 393 g/mol. The van der Waals surface area contributed by atoms with E-state index >= 15 is 0 Å². The SMILES string of the molecule is Cc1noc(C2CN(C(=O)c3ccc4ncccc4c3)CCCN2CC(C)C)n1. The molecule has 0 radical (unpaired) electrons. The number of aromatic nitrogens is 3. The summed E-state index contributed by atoms with van der Waals surface area (Å²) in [7, 11) is 0. The van der Waals surface area contributed by atoms with E-state index in [1.807, 2.05) is 42.2 Å². The van der Waals surface area contributed by atoms with Gasteiger partial charge in [0.2, 0.25) is 5.89 Å². The minimum absolute atomic E-state index is 0.0309. The van der Waals surface area contributed by atoms with Crippen LogP contribution in [0.25, 0.3) is 10.9 Å². The minimum Gasteiger partial charge on any atom is -0.338 e. The summed E-state index contributed by atoms with van der Waals surface area (Å²) < 4.78 is 5.51. The van der Waals surface area contributed by atoms with Gasteiger partial charge >= 0.3 is 0 Å². The van der Waals surface area contributed by atoms with Crippen molar-refractivity contribution in [2.24, 2.45) is 5.92 Å². The third-order valence-electron chi connectivity index (χ3n) is 5.27. The zero-order chi connectivity index (χ0) is 20.4. The van der Waals surface area contributed by atoms with Crippen molar-refractivity contribution >= 4 is 16.8 Å². The van der Waals surface area contributed by atoms with Crippen LogP contribution >= 0.6 is 0 Å². The molecule has 1 unspecified atom stereocenters. The van der Waals surface area contributed by atoms with Gasteiger partial charge in [-0.3, -0.25) is 14.7 Å². The predicted molar refractivity (Wildman–Crippen MR) is 110 cm³/mol. The molecule has 7 nitrogen and oxygen atoms in total. The number of carbonyl (C=O) groups excluding carboxylic acids is 1. The first-order chi connectivity index (χ1) is 14.0. The van der Waals surface area contributed by atoms with E-state index in [1.165, 1.54) is 0 Å². The lowest BCUT2D eigenvalue weighted by molar-refractivity contribution is 0.0709. The van der Waals surface area contributed by atoms with E-state index in [-0.39, 0.29) is 11.9 Å². The van der Waals surface area contributed by atoms with E-state index < -0.39 is 0 Å². The average molecular weight is 393 g/mol. The second-order valence-electron chi connectivity index (χ2n) is 8.10. The van der Waals surface area contributed by atoms with Gasteiger partial charge in [0.15, 0.2) is 5.82 Å². The van der Waals surface area contributed by atoms with Crippen molar-refractivity contribution in [3.05, 3.63) is 53.8 Å². The fraction of sp³-hybridized carbons (Fsp3) is 0.455. The van der Waals surface area contributed by atoms with Crippen molar-refractivity contribution in [1.82, 2.24) is 24.9 Å². The number of nitrogens with zero attached hydrogens (tertiary/aromatic N) is 5. The number of pyridine rings is 1. The number of amides is 1. The largest absolute Gasteiger partial charge is 0.338 e. The van der Waals surface area contributed by atoms with Crippen LogP contribution in [0.1, 0.15) is 48.4 Å². The molecule has 1 aliphatic rings. The quantitative estimate of drug-likeness (QED) is 0.676. The van der Waals surface area contributed by atoms with Gasteiger partial charge in [0.25, 0.3) is 5.91 Å². The van der Waals surface area contributed by atoms with Gasteiger partial charge in [0.05, 0.1) is 5.52 Å². The lowest BCUT2D eigenvalue weighted by Crippen LogP contribution is -2.39. The Kier molecular flexibility index (Phi) is 5.58. The summed E-state index contributed by atoms with van der Waals surface area (Å²) in [5.74, 6) is 1.75. The summed E-state index contributed by atoms with van der Waals surface area (Å²) in [5.41, 5.74) is 1.57. The normalized spacial score (nSPS) is 18.3. The van der Waals surface area contributed by atoms with E-state index in [1.54, 1.807) is 6.20 Å². The van der Waals surface area contributed by atoms with Crippen molar-refractivity contribution in [3.63, 3.8) is 0 Å². The standard InChI is InChI=1S/C22H27N5O2/c1-15(2)13-26-10-5-11-27(14-20(26)21-24-16(3)25-29-21)22(28)18-7-8-19-17(12-18)6-4-9-23-19/h4,6-9,12,15,20H,5,10-11,13-14H2,1-3H3. The van der Waals surface area contributed by atoms with Crippen LogP contribution in [-0.2, 0) is 0 Å². The summed E-state index contributed by atoms with van der Waals surface area (Å²) in [5, 5.41) is 4.95. The van der Waals surface area contributed by atoms with E-state index in [9.17, 15) is 4.79 Å². The van der Waals surface area contributed by atoms with E-state index in [0.717, 1.165) is 30.4 Å². The third-order valence-corrected chi connectivity index (χ3v) is 5.27. The summed E-state index contributed by atoms with van der Waals surface area (Å²) >= 11 is 0. The zero-order valence-electron chi connectivity index (χ0n) is 17.2. The summed E-state index contributed by atoms with van der Waals surface area (Å²) in [6.45, 7) is 9.30. The molecule has 0 spiro atoms. The Bertz CT molecular complexity index is 1000. The van der Waals surface area contributed by atoms with Crippen LogP contribution in [0.3, 0.4) is 0 Å². The molecule has 1 saturated heterocycles. The molecule has 0 bridgehead atoms. The molecule has 1 atom stereocenters. The summed E-state index contributed by atoms with van der Waals surface area (Å²) in [6, 6.07) is 9.47. The van der Waals surface area contributed by atoms with Crippen molar-refractivity contribution in [3.8, 4) is 0 Å². The molecular weight excluding hydrogens is 366 g/mol. The van der Waals surface area contributed by atoms with Crippen molar-refractivity contribution in [1.29, 1.82) is 0 Å². The number of rotatable bonds is 4. The third kappa shape index (κ3) is 4.29. The highest BCUT2D eigenvalue weighted by molar-refractivity contribution is 5.98. The first-order valence-corrected chi connectivity index (χ1v) is 10.2. The highest BCUT2D eigenvalue weighted by atomic mass is 16.5. The second kappa shape index (κ2) is 8.29. The highest BCUT2D eigenvalue weighted by Crippen LogP contribution is 2.26. The van der Waals surface area contributed by atoms with Crippen LogP contribution in [0.5, 0.6) is 0 Å². The van der Waals surface area contributed by atoms with Gasteiger partial charge < -0.3 is 9.42 Å². The summed E-state index contributed by atoms with van der Waals surface area (Å²) in [6.07, 6.45) is 2.68. The molecule has 1 aromatic carbocycles. The maximum Gasteiger partial charge on any atom is 0.253 e. The Hall–Kier alpha value is -2.80. The van der Waals surface area contributed by atoms with Gasteiger partial charge in [-0.25, -0.2) is 0 Å². The van der Waals surface area contributed by atoms with Gasteiger partial charge in [-0.15, -0.1) is 0 Å². The Labute approximate surface area is 170 Å². The molecule has 1 fully saturated rings. The molecule has 1 aliphatic heterocycles. The first-order valence-electron chi connectivity index (χ1n) is 10.2. The average Bonchev–Trinajstić information content (AvgIpc) is 3.03. The Morgan fingerprint density at radius 1 is 1.28 bits per heavy atom. The number of benzene rings is 1. The Morgan fingerprint density at radius 3 is 2.90 bits per heavy atom. The number of hydrogen-bond acceptors (Lipinski definition) is 6. The molecule has 2 aromatic heterocycles.